The Hall–Kier alpha value is -2.38. The fourth-order valence-electron chi connectivity index (χ4n) is 3.14. The highest BCUT2D eigenvalue weighted by atomic mass is 35.5. The zero-order chi connectivity index (χ0) is 18.6. The lowest BCUT2D eigenvalue weighted by Crippen LogP contribution is -2.21. The Labute approximate surface area is 166 Å². The molecule has 1 aromatic carbocycles. The molecule has 0 saturated carbocycles. The average molecular weight is 403 g/mol. The van der Waals surface area contributed by atoms with Crippen molar-refractivity contribution < 1.29 is 9.32 Å². The first-order chi connectivity index (χ1) is 13.2. The van der Waals surface area contributed by atoms with Crippen LogP contribution < -0.4 is 10.2 Å². The van der Waals surface area contributed by atoms with Crippen molar-refractivity contribution in [3.63, 3.8) is 0 Å². The summed E-state index contributed by atoms with van der Waals surface area (Å²) in [6, 6.07) is 9.50. The highest BCUT2D eigenvalue weighted by molar-refractivity contribution is 7.13. The SMILES string of the molecule is O=C(CCc1nc(-c2cccs2)no1)Nc1cc(Cl)ccc1N1CCCC1. The summed E-state index contributed by atoms with van der Waals surface area (Å²) >= 11 is 7.68. The Balaban J connectivity index is 1.39. The van der Waals surface area contributed by atoms with E-state index in [0.717, 1.165) is 29.3 Å². The van der Waals surface area contributed by atoms with Crippen molar-refractivity contribution in [1.29, 1.82) is 0 Å². The van der Waals surface area contributed by atoms with E-state index in [1.807, 2.05) is 29.6 Å². The van der Waals surface area contributed by atoms with Gasteiger partial charge < -0.3 is 14.7 Å². The molecule has 1 N–H and O–H groups in total. The van der Waals surface area contributed by atoms with Crippen molar-refractivity contribution in [2.75, 3.05) is 23.3 Å². The van der Waals surface area contributed by atoms with Gasteiger partial charge in [0, 0.05) is 31.0 Å². The minimum Gasteiger partial charge on any atom is -0.370 e. The summed E-state index contributed by atoms with van der Waals surface area (Å²) in [5.74, 6) is 0.916. The predicted molar refractivity (Wildman–Crippen MR) is 107 cm³/mol. The average Bonchev–Trinajstić information content (AvgIpc) is 3.41. The predicted octanol–water partition coefficient (Wildman–Crippen LogP) is 4.62. The van der Waals surface area contributed by atoms with Crippen LogP contribution in [-0.4, -0.2) is 29.1 Å². The molecule has 27 heavy (non-hydrogen) atoms. The van der Waals surface area contributed by atoms with Crippen LogP contribution in [0.25, 0.3) is 10.7 Å². The van der Waals surface area contributed by atoms with Crippen molar-refractivity contribution in [3.05, 3.63) is 46.6 Å². The number of benzene rings is 1. The number of hydrogen-bond donors (Lipinski definition) is 1. The summed E-state index contributed by atoms with van der Waals surface area (Å²) in [4.78, 5) is 20.0. The molecule has 6 nitrogen and oxygen atoms in total. The topological polar surface area (TPSA) is 71.3 Å². The van der Waals surface area contributed by atoms with E-state index < -0.39 is 0 Å². The molecule has 0 bridgehead atoms. The zero-order valence-electron chi connectivity index (χ0n) is 14.7. The van der Waals surface area contributed by atoms with E-state index in [1.165, 1.54) is 12.8 Å². The second-order valence-corrected chi connectivity index (χ2v) is 7.78. The van der Waals surface area contributed by atoms with Gasteiger partial charge in [0.1, 0.15) is 0 Å². The van der Waals surface area contributed by atoms with Crippen LogP contribution in [0.2, 0.25) is 5.02 Å². The number of thiophene rings is 1. The van der Waals surface area contributed by atoms with Gasteiger partial charge in [-0.15, -0.1) is 11.3 Å². The van der Waals surface area contributed by atoms with Crippen molar-refractivity contribution >= 4 is 40.2 Å². The summed E-state index contributed by atoms with van der Waals surface area (Å²) in [5.41, 5.74) is 1.77. The fraction of sp³-hybridized carbons (Fsp3) is 0.316. The van der Waals surface area contributed by atoms with Crippen molar-refractivity contribution in [1.82, 2.24) is 10.1 Å². The van der Waals surface area contributed by atoms with Gasteiger partial charge in [0.15, 0.2) is 0 Å². The smallest absolute Gasteiger partial charge is 0.227 e. The van der Waals surface area contributed by atoms with Crippen LogP contribution in [0.4, 0.5) is 11.4 Å². The minimum absolute atomic E-state index is 0.103. The molecule has 2 aromatic heterocycles. The molecule has 8 heteroatoms. The van der Waals surface area contributed by atoms with Crippen LogP contribution in [0.1, 0.15) is 25.2 Å². The Morgan fingerprint density at radius 3 is 2.93 bits per heavy atom. The second kappa shape index (κ2) is 8.10. The monoisotopic (exact) mass is 402 g/mol. The van der Waals surface area contributed by atoms with Crippen molar-refractivity contribution in [2.24, 2.45) is 0 Å². The normalized spacial score (nSPS) is 13.9. The number of rotatable bonds is 6. The van der Waals surface area contributed by atoms with Gasteiger partial charge >= 0.3 is 0 Å². The molecule has 1 aliphatic rings. The molecule has 0 unspecified atom stereocenters. The molecule has 1 aliphatic heterocycles. The number of carbonyl (C=O) groups excluding carboxylic acids is 1. The van der Waals surface area contributed by atoms with E-state index in [9.17, 15) is 4.79 Å². The Morgan fingerprint density at radius 1 is 1.30 bits per heavy atom. The van der Waals surface area contributed by atoms with Gasteiger partial charge in [-0.1, -0.05) is 22.8 Å². The first-order valence-corrected chi connectivity index (χ1v) is 10.2. The van der Waals surface area contributed by atoms with Gasteiger partial charge in [0.25, 0.3) is 0 Å². The Kier molecular flexibility index (Phi) is 5.40. The number of nitrogens with one attached hydrogen (secondary N) is 1. The lowest BCUT2D eigenvalue weighted by atomic mass is 10.2. The number of aryl methyl sites for hydroxylation is 1. The maximum Gasteiger partial charge on any atom is 0.227 e. The van der Waals surface area contributed by atoms with Gasteiger partial charge in [0.2, 0.25) is 17.6 Å². The number of amides is 1. The second-order valence-electron chi connectivity index (χ2n) is 6.39. The fourth-order valence-corrected chi connectivity index (χ4v) is 3.96. The zero-order valence-corrected chi connectivity index (χ0v) is 16.2. The molecule has 1 amide bonds. The van der Waals surface area contributed by atoms with Crippen LogP contribution in [0.3, 0.4) is 0 Å². The summed E-state index contributed by atoms with van der Waals surface area (Å²) in [6.07, 6.45) is 2.99. The largest absolute Gasteiger partial charge is 0.370 e. The molecule has 0 spiro atoms. The molecule has 0 radical (unpaired) electrons. The molecule has 0 aliphatic carbocycles. The third-order valence-electron chi connectivity index (χ3n) is 4.46. The van der Waals surface area contributed by atoms with E-state index in [4.69, 9.17) is 16.1 Å². The first kappa shape index (κ1) is 18.0. The summed E-state index contributed by atoms with van der Waals surface area (Å²) in [7, 11) is 0. The van der Waals surface area contributed by atoms with Crippen LogP contribution in [0.5, 0.6) is 0 Å². The summed E-state index contributed by atoms with van der Waals surface area (Å²) in [6.45, 7) is 2.00. The van der Waals surface area contributed by atoms with Crippen molar-refractivity contribution in [3.8, 4) is 10.7 Å². The molecule has 4 rings (SSSR count). The molecule has 3 heterocycles. The van der Waals surface area contributed by atoms with Gasteiger partial charge in [-0.05, 0) is 42.5 Å². The van der Waals surface area contributed by atoms with E-state index in [0.29, 0.717) is 23.2 Å². The minimum atomic E-state index is -0.103. The van der Waals surface area contributed by atoms with E-state index >= 15 is 0 Å². The van der Waals surface area contributed by atoms with Gasteiger partial charge in [-0.2, -0.15) is 4.98 Å². The number of halogens is 1. The highest BCUT2D eigenvalue weighted by Gasteiger charge is 2.18. The lowest BCUT2D eigenvalue weighted by Gasteiger charge is -2.21. The van der Waals surface area contributed by atoms with Crippen LogP contribution in [0, 0.1) is 0 Å². The van der Waals surface area contributed by atoms with Gasteiger partial charge in [-0.25, -0.2) is 0 Å². The van der Waals surface area contributed by atoms with E-state index in [-0.39, 0.29) is 12.3 Å². The molecular weight excluding hydrogens is 384 g/mol. The van der Waals surface area contributed by atoms with E-state index in [1.54, 1.807) is 17.4 Å². The molecule has 140 valence electrons. The number of carbonyl (C=O) groups is 1. The maximum absolute atomic E-state index is 12.4. The number of aromatic nitrogens is 2. The number of anilines is 2. The lowest BCUT2D eigenvalue weighted by molar-refractivity contribution is -0.116. The molecule has 0 atom stereocenters. The third kappa shape index (κ3) is 4.31. The molecular formula is C19H19ClN4O2S. The Morgan fingerprint density at radius 2 is 2.15 bits per heavy atom. The maximum atomic E-state index is 12.4. The third-order valence-corrected chi connectivity index (χ3v) is 5.56. The van der Waals surface area contributed by atoms with Crippen LogP contribution in [0.15, 0.2) is 40.2 Å². The highest BCUT2D eigenvalue weighted by Crippen LogP contribution is 2.31. The molecule has 3 aromatic rings. The standard InChI is InChI=1S/C19H19ClN4O2S/c20-13-5-6-15(24-9-1-2-10-24)14(12-13)21-17(25)7-8-18-22-19(23-26-18)16-4-3-11-27-16/h3-6,11-12H,1-2,7-10H2,(H,21,25). The van der Waals surface area contributed by atoms with Crippen LogP contribution >= 0.6 is 22.9 Å². The van der Waals surface area contributed by atoms with Crippen molar-refractivity contribution in [2.45, 2.75) is 25.7 Å². The molecule has 1 fully saturated rings. The number of nitrogens with zero attached hydrogens (tertiary/aromatic N) is 3. The first-order valence-electron chi connectivity index (χ1n) is 8.90. The summed E-state index contributed by atoms with van der Waals surface area (Å²) in [5, 5.41) is 9.51. The molecule has 1 saturated heterocycles. The van der Waals surface area contributed by atoms with Gasteiger partial charge in [0.05, 0.1) is 16.3 Å². The Bertz CT molecular complexity index is 920. The summed E-state index contributed by atoms with van der Waals surface area (Å²) < 4.78 is 5.25. The number of hydrogen-bond acceptors (Lipinski definition) is 6. The quantitative estimate of drug-likeness (QED) is 0.651. The van der Waals surface area contributed by atoms with Gasteiger partial charge in [-0.3, -0.25) is 4.79 Å². The van der Waals surface area contributed by atoms with Crippen LogP contribution in [-0.2, 0) is 11.2 Å². The van der Waals surface area contributed by atoms with E-state index in [2.05, 4.69) is 20.4 Å².